The molecule has 266 valence electrons. The molecule has 1 fully saturated rings. The maximum absolute atomic E-state index is 13.1. The fourth-order valence-electron chi connectivity index (χ4n) is 5.55. The third-order valence-corrected chi connectivity index (χ3v) is 9.99. The lowest BCUT2D eigenvalue weighted by atomic mass is 10.0. The minimum atomic E-state index is -3.98. The Kier molecular flexibility index (Phi) is 14.9. The van der Waals surface area contributed by atoms with Crippen molar-refractivity contribution in [3.8, 4) is 0 Å². The first-order chi connectivity index (χ1) is 23.3. The second kappa shape index (κ2) is 18.8. The molecule has 7 N–H and O–H groups in total. The SMILES string of the molecule is CCCCCCCC(=O)Nc1cc(CC(=N)N)cc(C(=O)NCC(=O)CCC(NC(=O)C2CCCN2S(=O)(=O)c2ccccc2)C(=O)O)c1. The van der Waals surface area contributed by atoms with Gasteiger partial charge >= 0.3 is 5.97 Å². The molecule has 0 aliphatic carbocycles. The van der Waals surface area contributed by atoms with Crippen LogP contribution < -0.4 is 21.7 Å². The molecule has 2 atom stereocenters. The Morgan fingerprint density at radius 3 is 2.41 bits per heavy atom. The highest BCUT2D eigenvalue weighted by molar-refractivity contribution is 7.89. The van der Waals surface area contributed by atoms with Crippen LogP contribution in [0.4, 0.5) is 5.69 Å². The van der Waals surface area contributed by atoms with Gasteiger partial charge in [0, 0.05) is 37.1 Å². The van der Waals surface area contributed by atoms with E-state index in [1.165, 1.54) is 24.3 Å². The van der Waals surface area contributed by atoms with Gasteiger partial charge < -0.3 is 26.8 Å². The quantitative estimate of drug-likeness (QED) is 0.0677. The number of carboxylic acids is 1. The summed E-state index contributed by atoms with van der Waals surface area (Å²) >= 11 is 0. The molecule has 1 saturated heterocycles. The van der Waals surface area contributed by atoms with E-state index in [4.69, 9.17) is 11.1 Å². The maximum atomic E-state index is 13.1. The standard InChI is InChI=1S/C34H46N6O8S/c1-2-3-4-5-9-14-31(42)38-25-19-23(20-30(35)36)18-24(21-25)32(43)37-22-26(41)15-16-28(34(45)46)39-33(44)29-13-10-17-40(29)49(47,48)27-11-7-6-8-12-27/h6-8,11-12,18-19,21,28-29H,2-5,9-10,13-17,20,22H2,1H3,(H3,35,36)(H,37,43)(H,38,42)(H,39,44)(H,45,46). The van der Waals surface area contributed by atoms with Crippen molar-refractivity contribution >= 4 is 51.0 Å². The van der Waals surface area contributed by atoms with Gasteiger partial charge in [0.15, 0.2) is 5.78 Å². The number of benzene rings is 2. The van der Waals surface area contributed by atoms with E-state index in [1.807, 2.05) is 0 Å². The molecule has 1 heterocycles. The lowest BCUT2D eigenvalue weighted by Gasteiger charge is -2.25. The molecular formula is C34H46N6O8S. The monoisotopic (exact) mass is 698 g/mol. The van der Waals surface area contributed by atoms with Crippen molar-refractivity contribution in [1.82, 2.24) is 14.9 Å². The summed E-state index contributed by atoms with van der Waals surface area (Å²) in [4.78, 5) is 63.2. The van der Waals surface area contributed by atoms with Gasteiger partial charge in [-0.05, 0) is 61.6 Å². The molecule has 14 nitrogen and oxygen atoms in total. The molecule has 0 saturated carbocycles. The Morgan fingerprint density at radius 1 is 1.02 bits per heavy atom. The fraction of sp³-hybridized carbons (Fsp3) is 0.471. The van der Waals surface area contributed by atoms with Gasteiger partial charge in [0.25, 0.3) is 5.91 Å². The Morgan fingerprint density at radius 2 is 1.73 bits per heavy atom. The number of aliphatic carboxylic acids is 1. The first kappa shape index (κ1) is 38.8. The number of nitrogens with two attached hydrogens (primary N) is 1. The molecule has 1 aliphatic heterocycles. The highest BCUT2D eigenvalue weighted by atomic mass is 32.2. The smallest absolute Gasteiger partial charge is 0.326 e. The minimum Gasteiger partial charge on any atom is -0.480 e. The molecule has 0 radical (unpaired) electrons. The predicted octanol–water partition coefficient (Wildman–Crippen LogP) is 2.97. The molecule has 1 aliphatic rings. The van der Waals surface area contributed by atoms with Gasteiger partial charge in [0.2, 0.25) is 21.8 Å². The second-order valence-electron chi connectivity index (χ2n) is 12.1. The fourth-order valence-corrected chi connectivity index (χ4v) is 7.22. The van der Waals surface area contributed by atoms with Crippen LogP contribution >= 0.6 is 0 Å². The topological polar surface area (TPSA) is 229 Å². The lowest BCUT2D eigenvalue weighted by Crippen LogP contribution is -2.51. The molecule has 2 aromatic carbocycles. The number of nitrogens with zero attached hydrogens (tertiary/aromatic N) is 1. The normalized spacial score (nSPS) is 15.2. The zero-order chi connectivity index (χ0) is 36.0. The number of rotatable bonds is 20. The van der Waals surface area contributed by atoms with Gasteiger partial charge in [-0.1, -0.05) is 50.8 Å². The van der Waals surface area contributed by atoms with Crippen molar-refractivity contribution < 1.29 is 37.5 Å². The van der Waals surface area contributed by atoms with E-state index >= 15 is 0 Å². The van der Waals surface area contributed by atoms with E-state index in [1.54, 1.807) is 24.3 Å². The van der Waals surface area contributed by atoms with E-state index in [2.05, 4.69) is 22.9 Å². The summed E-state index contributed by atoms with van der Waals surface area (Å²) in [7, 11) is -3.98. The highest BCUT2D eigenvalue weighted by Gasteiger charge is 2.40. The number of amides is 3. The van der Waals surface area contributed by atoms with Crippen molar-refractivity contribution in [3.05, 3.63) is 59.7 Å². The molecule has 0 spiro atoms. The Balaban J connectivity index is 1.56. The molecule has 3 rings (SSSR count). The van der Waals surface area contributed by atoms with Crippen LogP contribution in [0.25, 0.3) is 0 Å². The second-order valence-corrected chi connectivity index (χ2v) is 14.0. The van der Waals surface area contributed by atoms with E-state index in [0.29, 0.717) is 24.1 Å². The summed E-state index contributed by atoms with van der Waals surface area (Å²) in [6.07, 6.45) is 5.34. The van der Waals surface area contributed by atoms with Gasteiger partial charge in [-0.3, -0.25) is 24.6 Å². The van der Waals surface area contributed by atoms with Gasteiger partial charge in [0.05, 0.1) is 17.3 Å². The van der Waals surface area contributed by atoms with Crippen molar-refractivity contribution in [1.29, 1.82) is 5.41 Å². The third-order valence-electron chi connectivity index (χ3n) is 8.07. The summed E-state index contributed by atoms with van der Waals surface area (Å²) in [5.41, 5.74) is 6.55. The number of ketones is 1. The number of carboxylic acid groups (broad SMARTS) is 1. The summed E-state index contributed by atoms with van der Waals surface area (Å²) in [5.74, 6) is -3.64. The molecule has 2 aromatic rings. The number of carbonyl (C=O) groups excluding carboxylic acids is 4. The number of anilines is 1. The average molecular weight is 699 g/mol. The molecule has 15 heteroatoms. The number of unbranched alkanes of at least 4 members (excludes halogenated alkanes) is 4. The number of Topliss-reactive ketones (excluding diaryl/α,β-unsaturated/α-hetero) is 1. The zero-order valence-corrected chi connectivity index (χ0v) is 28.5. The Labute approximate surface area is 286 Å². The first-order valence-corrected chi connectivity index (χ1v) is 17.9. The lowest BCUT2D eigenvalue weighted by molar-refractivity contribution is -0.142. The van der Waals surface area contributed by atoms with E-state index in [-0.39, 0.29) is 54.4 Å². The summed E-state index contributed by atoms with van der Waals surface area (Å²) in [6.45, 7) is 1.79. The van der Waals surface area contributed by atoms with Gasteiger partial charge in [-0.15, -0.1) is 0 Å². The van der Waals surface area contributed by atoms with Crippen LogP contribution in [0.15, 0.2) is 53.4 Å². The van der Waals surface area contributed by atoms with Crippen LogP contribution in [-0.2, 0) is 35.6 Å². The molecule has 0 aromatic heterocycles. The highest BCUT2D eigenvalue weighted by Crippen LogP contribution is 2.26. The number of amidine groups is 1. The Bertz CT molecular complexity index is 1620. The van der Waals surface area contributed by atoms with Crippen molar-refractivity contribution in [2.75, 3.05) is 18.4 Å². The average Bonchev–Trinajstić information content (AvgIpc) is 3.57. The van der Waals surface area contributed by atoms with Crippen LogP contribution in [0.2, 0.25) is 0 Å². The van der Waals surface area contributed by atoms with Gasteiger partial charge in [-0.2, -0.15) is 4.31 Å². The van der Waals surface area contributed by atoms with Crippen molar-refractivity contribution in [2.24, 2.45) is 5.73 Å². The van der Waals surface area contributed by atoms with Crippen LogP contribution in [0, 0.1) is 5.41 Å². The predicted molar refractivity (Wildman–Crippen MR) is 184 cm³/mol. The van der Waals surface area contributed by atoms with Crippen molar-refractivity contribution in [3.63, 3.8) is 0 Å². The summed E-state index contributed by atoms with van der Waals surface area (Å²) in [6, 6.07) is 9.67. The Hall–Kier alpha value is -4.63. The number of sulfonamides is 1. The van der Waals surface area contributed by atoms with Crippen LogP contribution in [0.1, 0.15) is 87.1 Å². The summed E-state index contributed by atoms with van der Waals surface area (Å²) < 4.78 is 27.3. The molecule has 3 amide bonds. The van der Waals surface area contributed by atoms with Crippen LogP contribution in [0.3, 0.4) is 0 Å². The largest absolute Gasteiger partial charge is 0.480 e. The van der Waals surface area contributed by atoms with Crippen LogP contribution in [0.5, 0.6) is 0 Å². The van der Waals surface area contributed by atoms with Gasteiger partial charge in [-0.25, -0.2) is 13.2 Å². The van der Waals surface area contributed by atoms with Crippen molar-refractivity contribution in [2.45, 2.75) is 94.5 Å². The third kappa shape index (κ3) is 12.1. The van der Waals surface area contributed by atoms with E-state index in [9.17, 15) is 37.5 Å². The maximum Gasteiger partial charge on any atom is 0.326 e. The van der Waals surface area contributed by atoms with Gasteiger partial charge in [0.1, 0.15) is 12.1 Å². The molecule has 0 bridgehead atoms. The van der Waals surface area contributed by atoms with E-state index in [0.717, 1.165) is 36.4 Å². The molecule has 2 unspecified atom stereocenters. The zero-order valence-electron chi connectivity index (χ0n) is 27.7. The number of nitrogens with one attached hydrogen (secondary N) is 4. The minimum absolute atomic E-state index is 0.0249. The molecule has 49 heavy (non-hydrogen) atoms. The number of hydrogen-bond acceptors (Lipinski definition) is 8. The van der Waals surface area contributed by atoms with E-state index < -0.39 is 52.2 Å². The number of carbonyl (C=O) groups is 5. The molecular weight excluding hydrogens is 652 g/mol. The first-order valence-electron chi connectivity index (χ1n) is 16.5. The number of hydrogen-bond donors (Lipinski definition) is 6. The van der Waals surface area contributed by atoms with Crippen LogP contribution in [-0.4, -0.2) is 78.3 Å². The summed E-state index contributed by atoms with van der Waals surface area (Å²) in [5, 5.41) is 25.0.